The molecule has 2 heterocycles. The van der Waals surface area contributed by atoms with Crippen LogP contribution in [0.3, 0.4) is 0 Å². The zero-order valence-electron chi connectivity index (χ0n) is 17.6. The molecule has 1 aromatic heterocycles. The van der Waals surface area contributed by atoms with Crippen LogP contribution < -0.4 is 4.74 Å². The van der Waals surface area contributed by atoms with Crippen LogP contribution in [0.5, 0.6) is 5.75 Å². The summed E-state index contributed by atoms with van der Waals surface area (Å²) in [6.07, 6.45) is 0.402. The maximum atomic E-state index is 12.8. The van der Waals surface area contributed by atoms with E-state index in [4.69, 9.17) is 13.9 Å². The minimum atomic E-state index is -3.14. The molecule has 30 heavy (non-hydrogen) atoms. The Morgan fingerprint density at radius 3 is 2.63 bits per heavy atom. The van der Waals surface area contributed by atoms with Crippen molar-refractivity contribution in [1.29, 1.82) is 0 Å². The first kappa shape index (κ1) is 22.1. The fourth-order valence-electron chi connectivity index (χ4n) is 3.67. The van der Waals surface area contributed by atoms with Crippen molar-refractivity contribution in [3.05, 3.63) is 29.5 Å². The highest BCUT2D eigenvalue weighted by Crippen LogP contribution is 2.29. The summed E-state index contributed by atoms with van der Waals surface area (Å²) in [7, 11) is -1.59. The number of carbonyl (C=O) groups excluding carboxylic acids is 2. The lowest BCUT2D eigenvalue weighted by Gasteiger charge is -2.29. The van der Waals surface area contributed by atoms with Crippen molar-refractivity contribution in [2.45, 2.75) is 33.2 Å². The van der Waals surface area contributed by atoms with Crippen molar-refractivity contribution in [2.75, 3.05) is 31.8 Å². The molecule has 1 fully saturated rings. The van der Waals surface area contributed by atoms with Gasteiger partial charge in [0.25, 0.3) is 5.91 Å². The van der Waals surface area contributed by atoms with Gasteiger partial charge in [-0.15, -0.1) is 0 Å². The molecule has 164 valence electrons. The zero-order chi connectivity index (χ0) is 22.1. The molecule has 0 unspecified atom stereocenters. The third-order valence-corrected chi connectivity index (χ3v) is 6.94. The smallest absolute Gasteiger partial charge is 0.375 e. The highest BCUT2D eigenvalue weighted by atomic mass is 32.2. The maximum absolute atomic E-state index is 12.8. The molecule has 0 spiro atoms. The molecule has 1 amide bonds. The van der Waals surface area contributed by atoms with E-state index >= 15 is 0 Å². The molecular formula is C21H27NO7S. The summed E-state index contributed by atoms with van der Waals surface area (Å²) in [5.74, 6) is -0.304. The Hall–Kier alpha value is -2.55. The standard InChI is InChI=1S/C21H27NO7S/c1-13(2)10-22(15-7-8-30(25,26)12-15)19(23)11-28-21(24)20-14(3)17-9-16(27-4)5-6-18(17)29-20/h5-6,9,13,15H,7-8,10-12H2,1-4H3/t15-/m1/s1. The van der Waals surface area contributed by atoms with Gasteiger partial charge >= 0.3 is 5.97 Å². The number of ether oxygens (including phenoxy) is 2. The fraction of sp³-hybridized carbons (Fsp3) is 0.524. The molecule has 0 N–H and O–H groups in total. The number of aryl methyl sites for hydroxylation is 1. The van der Waals surface area contributed by atoms with Crippen molar-refractivity contribution < 1.29 is 31.9 Å². The number of benzene rings is 1. The Kier molecular flexibility index (Phi) is 6.40. The summed E-state index contributed by atoms with van der Waals surface area (Å²) in [5.41, 5.74) is 1.12. The molecule has 2 aromatic rings. The Bertz CT molecular complexity index is 1050. The molecule has 8 nitrogen and oxygen atoms in total. The maximum Gasteiger partial charge on any atom is 0.375 e. The first-order chi connectivity index (χ1) is 14.1. The van der Waals surface area contributed by atoms with Crippen LogP contribution in [-0.2, 0) is 19.4 Å². The Balaban J connectivity index is 1.71. The monoisotopic (exact) mass is 437 g/mol. The lowest BCUT2D eigenvalue weighted by Crippen LogP contribution is -2.45. The minimum absolute atomic E-state index is 0.0323. The predicted molar refractivity (Wildman–Crippen MR) is 111 cm³/mol. The fourth-order valence-corrected chi connectivity index (χ4v) is 5.40. The molecular weight excluding hydrogens is 410 g/mol. The van der Waals surface area contributed by atoms with Gasteiger partial charge in [0.15, 0.2) is 16.4 Å². The number of fused-ring (bicyclic) bond motifs is 1. The van der Waals surface area contributed by atoms with Gasteiger partial charge in [-0.25, -0.2) is 13.2 Å². The SMILES string of the molecule is COc1ccc2oc(C(=O)OCC(=O)N(CC(C)C)[C@@H]3CCS(=O)(=O)C3)c(C)c2c1. The van der Waals surface area contributed by atoms with Crippen molar-refractivity contribution >= 4 is 32.7 Å². The number of sulfone groups is 1. The summed E-state index contributed by atoms with van der Waals surface area (Å²) >= 11 is 0. The highest BCUT2D eigenvalue weighted by molar-refractivity contribution is 7.91. The Morgan fingerprint density at radius 1 is 1.30 bits per heavy atom. The van der Waals surface area contributed by atoms with E-state index in [2.05, 4.69) is 0 Å². The van der Waals surface area contributed by atoms with Crippen molar-refractivity contribution in [3.8, 4) is 5.75 Å². The predicted octanol–water partition coefficient (Wildman–Crippen LogP) is 2.58. The molecule has 1 aromatic carbocycles. The van der Waals surface area contributed by atoms with E-state index in [0.717, 1.165) is 5.39 Å². The average molecular weight is 438 g/mol. The molecule has 3 rings (SSSR count). The average Bonchev–Trinajstić information content (AvgIpc) is 3.22. The summed E-state index contributed by atoms with van der Waals surface area (Å²) in [6.45, 7) is 5.56. The van der Waals surface area contributed by atoms with Crippen LogP contribution >= 0.6 is 0 Å². The molecule has 0 aliphatic carbocycles. The molecule has 9 heteroatoms. The number of nitrogens with zero attached hydrogens (tertiary/aromatic N) is 1. The largest absolute Gasteiger partial charge is 0.497 e. The summed E-state index contributed by atoms with van der Waals surface area (Å²) in [4.78, 5) is 26.8. The van der Waals surface area contributed by atoms with E-state index in [1.165, 1.54) is 4.90 Å². The minimum Gasteiger partial charge on any atom is -0.497 e. The van der Waals surface area contributed by atoms with Crippen LogP contribution in [0.4, 0.5) is 0 Å². The van der Waals surface area contributed by atoms with Gasteiger partial charge in [0.1, 0.15) is 11.3 Å². The number of rotatable bonds is 7. The second-order valence-electron chi connectivity index (χ2n) is 7.99. The number of methoxy groups -OCH3 is 1. The topological polar surface area (TPSA) is 103 Å². The summed E-state index contributed by atoms with van der Waals surface area (Å²) < 4.78 is 39.7. The normalized spacial score (nSPS) is 18.0. The van der Waals surface area contributed by atoms with Crippen LogP contribution in [0, 0.1) is 12.8 Å². The van der Waals surface area contributed by atoms with Gasteiger partial charge in [0.2, 0.25) is 5.76 Å². The first-order valence-corrected chi connectivity index (χ1v) is 11.7. The molecule has 1 atom stereocenters. The van der Waals surface area contributed by atoms with E-state index in [9.17, 15) is 18.0 Å². The van der Waals surface area contributed by atoms with Gasteiger partial charge in [-0.3, -0.25) is 4.79 Å². The van der Waals surface area contributed by atoms with Gasteiger partial charge in [-0.2, -0.15) is 0 Å². The Morgan fingerprint density at radius 2 is 2.03 bits per heavy atom. The second kappa shape index (κ2) is 8.67. The van der Waals surface area contributed by atoms with Crippen LogP contribution in [0.15, 0.2) is 22.6 Å². The van der Waals surface area contributed by atoms with E-state index in [-0.39, 0.29) is 29.2 Å². The number of carbonyl (C=O) groups is 2. The molecule has 0 saturated carbocycles. The number of hydrogen-bond acceptors (Lipinski definition) is 7. The number of hydrogen-bond donors (Lipinski definition) is 0. The van der Waals surface area contributed by atoms with Gasteiger partial charge in [-0.05, 0) is 37.5 Å². The first-order valence-electron chi connectivity index (χ1n) is 9.85. The Labute approximate surface area is 176 Å². The second-order valence-corrected chi connectivity index (χ2v) is 10.2. The molecule has 1 saturated heterocycles. The van der Waals surface area contributed by atoms with Gasteiger partial charge in [0, 0.05) is 23.5 Å². The molecule has 1 aliphatic rings. The summed E-state index contributed by atoms with van der Waals surface area (Å²) in [6, 6.07) is 4.81. The molecule has 1 aliphatic heterocycles. The van der Waals surface area contributed by atoms with Gasteiger partial charge < -0.3 is 18.8 Å². The number of furan rings is 1. The van der Waals surface area contributed by atoms with Crippen molar-refractivity contribution in [3.63, 3.8) is 0 Å². The zero-order valence-corrected chi connectivity index (χ0v) is 18.5. The van der Waals surface area contributed by atoms with Crippen LogP contribution in [0.1, 0.15) is 36.4 Å². The third kappa shape index (κ3) is 4.77. The number of amides is 1. The lowest BCUT2D eigenvalue weighted by molar-refractivity contribution is -0.137. The lowest BCUT2D eigenvalue weighted by atomic mass is 10.1. The van der Waals surface area contributed by atoms with E-state index in [1.54, 1.807) is 32.2 Å². The molecule has 0 bridgehead atoms. The quantitative estimate of drug-likeness (QED) is 0.613. The van der Waals surface area contributed by atoms with E-state index in [0.29, 0.717) is 29.9 Å². The van der Waals surface area contributed by atoms with Crippen LogP contribution in [0.25, 0.3) is 11.0 Å². The summed E-state index contributed by atoms with van der Waals surface area (Å²) in [5, 5.41) is 0.727. The van der Waals surface area contributed by atoms with Crippen molar-refractivity contribution in [1.82, 2.24) is 4.90 Å². The molecule has 0 radical (unpaired) electrons. The van der Waals surface area contributed by atoms with Gasteiger partial charge in [0.05, 0.1) is 18.6 Å². The number of esters is 1. The van der Waals surface area contributed by atoms with E-state index in [1.807, 2.05) is 13.8 Å². The third-order valence-electron chi connectivity index (χ3n) is 5.19. The van der Waals surface area contributed by atoms with Gasteiger partial charge in [-0.1, -0.05) is 13.8 Å². The van der Waals surface area contributed by atoms with E-state index < -0.39 is 28.3 Å². The highest BCUT2D eigenvalue weighted by Gasteiger charge is 2.35. The van der Waals surface area contributed by atoms with Crippen LogP contribution in [-0.4, -0.2) is 63.0 Å². The van der Waals surface area contributed by atoms with Crippen LogP contribution in [0.2, 0.25) is 0 Å². The van der Waals surface area contributed by atoms with Crippen molar-refractivity contribution in [2.24, 2.45) is 5.92 Å².